The molecule has 1 aliphatic rings. The molecule has 7 heteroatoms. The van der Waals surface area contributed by atoms with Gasteiger partial charge in [-0.3, -0.25) is 9.59 Å². The van der Waals surface area contributed by atoms with Crippen molar-refractivity contribution >= 4 is 11.7 Å². The third kappa shape index (κ3) is 4.53. The van der Waals surface area contributed by atoms with E-state index in [0.717, 1.165) is 12.0 Å². The lowest BCUT2D eigenvalue weighted by atomic mass is 9.88. The van der Waals surface area contributed by atoms with Gasteiger partial charge >= 0.3 is 0 Å². The van der Waals surface area contributed by atoms with Crippen LogP contribution in [0.5, 0.6) is 0 Å². The fourth-order valence-electron chi connectivity index (χ4n) is 3.39. The largest absolute Gasteiger partial charge is 0.341 e. The molecule has 0 saturated carbocycles. The molecule has 1 fully saturated rings. The van der Waals surface area contributed by atoms with Gasteiger partial charge in [-0.15, -0.1) is 5.10 Å². The van der Waals surface area contributed by atoms with Gasteiger partial charge in [-0.05, 0) is 41.2 Å². The topological polar surface area (TPSA) is 81.0 Å². The van der Waals surface area contributed by atoms with Gasteiger partial charge in [0.1, 0.15) is 12.9 Å². The molecule has 0 atom stereocenters. The normalized spacial score (nSPS) is 15.4. The number of carbonyl (C=O) groups excluding carboxylic acids is 2. The molecule has 7 nitrogen and oxygen atoms in total. The molecule has 0 bridgehead atoms. The van der Waals surface area contributed by atoms with Crippen molar-refractivity contribution in [1.82, 2.24) is 25.1 Å². The van der Waals surface area contributed by atoms with E-state index >= 15 is 0 Å². The quantitative estimate of drug-likeness (QED) is 0.740. The summed E-state index contributed by atoms with van der Waals surface area (Å²) in [5.41, 5.74) is 2.04. The predicted molar refractivity (Wildman–Crippen MR) is 96.4 cm³/mol. The summed E-state index contributed by atoms with van der Waals surface area (Å²) in [5, 5.41) is 10.8. The van der Waals surface area contributed by atoms with Crippen LogP contribution in [0.3, 0.4) is 0 Å². The highest BCUT2D eigenvalue weighted by Gasteiger charge is 2.28. The van der Waals surface area contributed by atoms with E-state index in [1.54, 1.807) is 4.90 Å². The summed E-state index contributed by atoms with van der Waals surface area (Å²) in [5.74, 6) is 0.768. The van der Waals surface area contributed by atoms with Crippen LogP contribution >= 0.6 is 0 Å². The third-order valence-corrected chi connectivity index (χ3v) is 4.79. The first kappa shape index (κ1) is 18.2. The van der Waals surface area contributed by atoms with Crippen LogP contribution in [0, 0.1) is 11.8 Å². The van der Waals surface area contributed by atoms with E-state index in [2.05, 4.69) is 41.5 Å². The number of ketones is 1. The number of hydrogen-bond donors (Lipinski definition) is 0. The summed E-state index contributed by atoms with van der Waals surface area (Å²) in [7, 11) is 0. The number of hydrogen-bond acceptors (Lipinski definition) is 5. The average molecular weight is 355 g/mol. The van der Waals surface area contributed by atoms with Crippen LogP contribution in [0.2, 0.25) is 0 Å². The molecule has 0 aliphatic carbocycles. The van der Waals surface area contributed by atoms with Crippen LogP contribution in [0.15, 0.2) is 30.6 Å². The minimum Gasteiger partial charge on any atom is -0.341 e. The Morgan fingerprint density at radius 3 is 2.42 bits per heavy atom. The molecule has 1 saturated heterocycles. The summed E-state index contributed by atoms with van der Waals surface area (Å²) in [6.45, 7) is 5.72. The first-order chi connectivity index (χ1) is 12.5. The van der Waals surface area contributed by atoms with Gasteiger partial charge in [-0.1, -0.05) is 38.1 Å². The molecule has 0 spiro atoms. The molecule has 1 aromatic heterocycles. The van der Waals surface area contributed by atoms with Crippen molar-refractivity contribution in [3.63, 3.8) is 0 Å². The van der Waals surface area contributed by atoms with Crippen molar-refractivity contribution in [1.29, 1.82) is 0 Å². The molecule has 0 unspecified atom stereocenters. The van der Waals surface area contributed by atoms with Gasteiger partial charge < -0.3 is 4.90 Å². The lowest BCUT2D eigenvalue weighted by Crippen LogP contribution is -2.41. The summed E-state index contributed by atoms with van der Waals surface area (Å²) < 4.78 is 1.41. The second-order valence-electron chi connectivity index (χ2n) is 7.32. The Morgan fingerprint density at radius 1 is 1.15 bits per heavy atom. The van der Waals surface area contributed by atoms with E-state index in [4.69, 9.17) is 0 Å². The fraction of sp³-hybridized carbons (Fsp3) is 0.526. The molecule has 2 heterocycles. The number of likely N-dealkylation sites (tertiary alicyclic amines) is 1. The number of rotatable bonds is 6. The van der Waals surface area contributed by atoms with Gasteiger partial charge in [0.15, 0.2) is 5.78 Å². The van der Waals surface area contributed by atoms with Crippen molar-refractivity contribution in [2.24, 2.45) is 11.8 Å². The average Bonchev–Trinajstić information content (AvgIpc) is 3.14. The number of piperidine rings is 1. The summed E-state index contributed by atoms with van der Waals surface area (Å²) >= 11 is 0. The minimum absolute atomic E-state index is 0.0111. The van der Waals surface area contributed by atoms with Crippen LogP contribution in [0.25, 0.3) is 0 Å². The van der Waals surface area contributed by atoms with E-state index in [-0.39, 0.29) is 24.2 Å². The fourth-order valence-corrected chi connectivity index (χ4v) is 3.39. The molecule has 0 N–H and O–H groups in total. The second-order valence-corrected chi connectivity index (χ2v) is 7.32. The van der Waals surface area contributed by atoms with E-state index < -0.39 is 0 Å². The third-order valence-electron chi connectivity index (χ3n) is 4.79. The van der Waals surface area contributed by atoms with E-state index in [9.17, 15) is 9.59 Å². The van der Waals surface area contributed by atoms with Crippen LogP contribution in [0.4, 0.5) is 0 Å². The number of amides is 1. The van der Waals surface area contributed by atoms with E-state index in [0.29, 0.717) is 31.8 Å². The SMILES string of the molecule is CC(C)Cc1ccc(C(=O)C2CCN(C(=O)Cn3cnnn3)CC2)cc1. The summed E-state index contributed by atoms with van der Waals surface area (Å²) in [6, 6.07) is 7.99. The Labute approximate surface area is 153 Å². The van der Waals surface area contributed by atoms with Crippen LogP contribution in [-0.4, -0.2) is 49.9 Å². The first-order valence-corrected chi connectivity index (χ1v) is 9.14. The number of Topliss-reactive ketones (excluding diaryl/α,β-unsaturated/α-hetero) is 1. The highest BCUT2D eigenvalue weighted by Crippen LogP contribution is 2.22. The Balaban J connectivity index is 1.52. The molecule has 1 aromatic carbocycles. The number of aromatic nitrogens is 4. The van der Waals surface area contributed by atoms with Crippen LogP contribution in [0.1, 0.15) is 42.6 Å². The van der Waals surface area contributed by atoms with Crippen molar-refractivity contribution in [3.05, 3.63) is 41.7 Å². The molecular formula is C19H25N5O2. The van der Waals surface area contributed by atoms with Gasteiger partial charge in [0, 0.05) is 24.6 Å². The van der Waals surface area contributed by atoms with Crippen molar-refractivity contribution in [2.45, 2.75) is 39.7 Å². The Morgan fingerprint density at radius 2 is 1.85 bits per heavy atom. The van der Waals surface area contributed by atoms with Crippen LogP contribution in [-0.2, 0) is 17.8 Å². The van der Waals surface area contributed by atoms with Crippen molar-refractivity contribution in [3.8, 4) is 0 Å². The second kappa shape index (κ2) is 8.21. The smallest absolute Gasteiger partial charge is 0.244 e. The first-order valence-electron chi connectivity index (χ1n) is 9.14. The van der Waals surface area contributed by atoms with Crippen LogP contribution < -0.4 is 0 Å². The lowest BCUT2D eigenvalue weighted by Gasteiger charge is -2.31. The Hall–Kier alpha value is -2.57. The molecule has 2 aromatic rings. The molecule has 1 amide bonds. The maximum Gasteiger partial charge on any atom is 0.244 e. The zero-order valence-electron chi connectivity index (χ0n) is 15.3. The maximum atomic E-state index is 12.7. The van der Waals surface area contributed by atoms with E-state index in [1.807, 2.05) is 12.1 Å². The molecule has 3 rings (SSSR count). The van der Waals surface area contributed by atoms with Gasteiger partial charge in [0.25, 0.3) is 0 Å². The zero-order valence-corrected chi connectivity index (χ0v) is 15.3. The van der Waals surface area contributed by atoms with Gasteiger partial charge in [-0.2, -0.15) is 0 Å². The predicted octanol–water partition coefficient (Wildman–Crippen LogP) is 1.99. The number of nitrogens with zero attached hydrogens (tertiary/aromatic N) is 5. The maximum absolute atomic E-state index is 12.7. The molecule has 1 aliphatic heterocycles. The molecular weight excluding hydrogens is 330 g/mol. The zero-order chi connectivity index (χ0) is 18.5. The van der Waals surface area contributed by atoms with Gasteiger partial charge in [0.2, 0.25) is 5.91 Å². The highest BCUT2D eigenvalue weighted by molar-refractivity contribution is 5.98. The minimum atomic E-state index is -0.0127. The van der Waals surface area contributed by atoms with E-state index in [1.165, 1.54) is 16.6 Å². The van der Waals surface area contributed by atoms with Crippen molar-refractivity contribution in [2.75, 3.05) is 13.1 Å². The number of carbonyl (C=O) groups is 2. The number of benzene rings is 1. The lowest BCUT2D eigenvalue weighted by molar-refractivity contribution is -0.133. The molecule has 138 valence electrons. The van der Waals surface area contributed by atoms with Crippen molar-refractivity contribution < 1.29 is 9.59 Å². The summed E-state index contributed by atoms with van der Waals surface area (Å²) in [4.78, 5) is 26.8. The Kier molecular flexibility index (Phi) is 5.75. The van der Waals surface area contributed by atoms with Gasteiger partial charge in [-0.25, -0.2) is 4.68 Å². The number of tetrazole rings is 1. The Bertz CT molecular complexity index is 732. The monoisotopic (exact) mass is 355 g/mol. The highest BCUT2D eigenvalue weighted by atomic mass is 16.2. The van der Waals surface area contributed by atoms with Gasteiger partial charge in [0.05, 0.1) is 0 Å². The molecule has 0 radical (unpaired) electrons. The standard InChI is InChI=1S/C19H25N5O2/c1-14(2)11-15-3-5-16(6-4-15)19(26)17-7-9-23(10-8-17)18(25)12-24-13-20-21-22-24/h3-6,13-14,17H,7-12H2,1-2H3. The summed E-state index contributed by atoms with van der Waals surface area (Å²) in [6.07, 6.45) is 3.86. The molecule has 26 heavy (non-hydrogen) atoms.